The van der Waals surface area contributed by atoms with E-state index in [0.29, 0.717) is 0 Å². The van der Waals surface area contributed by atoms with Crippen LogP contribution in [0.1, 0.15) is 16.7 Å². The molecule has 3 aromatic carbocycles. The molecule has 2 fully saturated rings. The Morgan fingerprint density at radius 3 is 1.66 bits per heavy atom. The highest BCUT2D eigenvalue weighted by Crippen LogP contribution is 2.46. The summed E-state index contributed by atoms with van der Waals surface area (Å²) in [4.78, 5) is 0. The number of fused-ring (bicyclic) bond motifs is 1. The minimum atomic E-state index is -0.803. The van der Waals surface area contributed by atoms with E-state index in [0.717, 1.165) is 41.7 Å². The van der Waals surface area contributed by atoms with Gasteiger partial charge in [-0.15, -0.1) is 0 Å². The molecule has 0 aromatic heterocycles. The number of rotatable bonds is 5. The number of ether oxygens (including phenoxy) is 2. The molecule has 0 bridgehead atoms. The van der Waals surface area contributed by atoms with Gasteiger partial charge in [-0.3, -0.25) is 0 Å². The molecule has 0 amide bonds. The summed E-state index contributed by atoms with van der Waals surface area (Å²) in [5.41, 5.74) is 3.53. The van der Waals surface area contributed by atoms with Gasteiger partial charge in [0.1, 0.15) is 25.3 Å². The van der Waals surface area contributed by atoms with Gasteiger partial charge in [0, 0.05) is 17.5 Å². The second-order valence-corrected chi connectivity index (χ2v) is 8.61. The predicted octanol–water partition coefficient (Wildman–Crippen LogP) is 4.37. The molecule has 0 radical (unpaired) electrons. The largest absolute Gasteiger partial charge is 0.330 e. The van der Waals surface area contributed by atoms with Gasteiger partial charge in [-0.25, -0.2) is 0 Å². The number of nitrogens with zero attached hydrogens (tertiary/aromatic N) is 1. The van der Waals surface area contributed by atoms with Crippen LogP contribution in [0.25, 0.3) is 0 Å². The van der Waals surface area contributed by atoms with Crippen molar-refractivity contribution in [3.8, 4) is 0 Å². The Morgan fingerprint density at radius 2 is 1.17 bits per heavy atom. The zero-order valence-electron chi connectivity index (χ0n) is 16.9. The second-order valence-electron chi connectivity index (χ2n) is 8.61. The lowest BCUT2D eigenvalue weighted by molar-refractivity contribution is -0.901. The maximum Gasteiger partial charge on any atom is 0.223 e. The van der Waals surface area contributed by atoms with Crippen molar-refractivity contribution in [1.29, 1.82) is 0 Å². The van der Waals surface area contributed by atoms with Crippen LogP contribution in [-0.2, 0) is 21.7 Å². The number of benzene rings is 3. The average Bonchev–Trinajstić information content (AvgIpc) is 3.27. The molecule has 2 heterocycles. The van der Waals surface area contributed by atoms with E-state index in [1.54, 1.807) is 0 Å². The predicted molar refractivity (Wildman–Crippen MR) is 114 cm³/mol. The summed E-state index contributed by atoms with van der Waals surface area (Å²) in [5, 5.41) is 0. The quantitative estimate of drug-likeness (QED) is 0.606. The summed E-state index contributed by atoms with van der Waals surface area (Å²) in [6.07, 6.45) is 1.30. The summed E-state index contributed by atoms with van der Waals surface area (Å²) in [5.74, 6) is -0.803. The zero-order valence-corrected chi connectivity index (χ0v) is 16.9. The molecule has 3 heteroatoms. The monoisotopic (exact) mass is 386 g/mol. The molecule has 29 heavy (non-hydrogen) atoms. The summed E-state index contributed by atoms with van der Waals surface area (Å²) in [7, 11) is 2.33. The van der Waals surface area contributed by atoms with Crippen molar-refractivity contribution in [3.05, 3.63) is 108 Å². The van der Waals surface area contributed by atoms with Gasteiger partial charge < -0.3 is 14.0 Å². The molecule has 2 aliphatic rings. The number of quaternary nitrogens is 1. The van der Waals surface area contributed by atoms with Gasteiger partial charge >= 0.3 is 0 Å². The first-order valence-electron chi connectivity index (χ1n) is 10.5. The Morgan fingerprint density at radius 1 is 0.724 bits per heavy atom. The molecule has 148 valence electrons. The highest BCUT2D eigenvalue weighted by molar-refractivity contribution is 5.35. The van der Waals surface area contributed by atoms with E-state index in [9.17, 15) is 0 Å². The second kappa shape index (κ2) is 7.42. The summed E-state index contributed by atoms with van der Waals surface area (Å²) in [6, 6.07) is 31.5. The van der Waals surface area contributed by atoms with Gasteiger partial charge in [-0.05, 0) is 5.56 Å². The molecular weight excluding hydrogens is 358 g/mol. The van der Waals surface area contributed by atoms with Crippen LogP contribution in [0.15, 0.2) is 91.0 Å². The SMILES string of the molecule is C[N+]1(CCc2ccccc2)C[C@@H]2OC(c3ccccc3)(c3ccccc3)O[C@@H]2C1. The van der Waals surface area contributed by atoms with Crippen LogP contribution >= 0.6 is 0 Å². The molecule has 0 spiro atoms. The Hall–Kier alpha value is -2.46. The molecule has 0 saturated carbocycles. The normalized spacial score (nSPS) is 27.6. The van der Waals surface area contributed by atoms with Gasteiger partial charge in [0.15, 0.2) is 0 Å². The Balaban J connectivity index is 1.37. The lowest BCUT2D eigenvalue weighted by atomic mass is 9.97. The van der Waals surface area contributed by atoms with E-state index in [2.05, 4.69) is 85.9 Å². The molecule has 1 unspecified atom stereocenters. The molecular formula is C26H28NO2+. The molecule has 3 nitrogen and oxygen atoms in total. The van der Waals surface area contributed by atoms with E-state index in [-0.39, 0.29) is 12.2 Å². The molecule has 3 atom stereocenters. The molecule has 2 saturated heterocycles. The third-order valence-electron chi connectivity index (χ3n) is 6.38. The van der Waals surface area contributed by atoms with Crippen LogP contribution in [0.4, 0.5) is 0 Å². The van der Waals surface area contributed by atoms with Crippen LogP contribution in [0.2, 0.25) is 0 Å². The van der Waals surface area contributed by atoms with Gasteiger partial charge in [-0.1, -0.05) is 91.0 Å². The number of hydrogen-bond acceptors (Lipinski definition) is 2. The van der Waals surface area contributed by atoms with Crippen molar-refractivity contribution >= 4 is 0 Å². The fourth-order valence-corrected chi connectivity index (χ4v) is 4.84. The van der Waals surface area contributed by atoms with Crippen LogP contribution in [-0.4, -0.2) is 43.4 Å². The van der Waals surface area contributed by atoms with Gasteiger partial charge in [-0.2, -0.15) is 0 Å². The van der Waals surface area contributed by atoms with Gasteiger partial charge in [0.2, 0.25) is 5.79 Å². The Kier molecular flexibility index (Phi) is 4.75. The molecule has 3 aromatic rings. The molecule has 5 rings (SSSR count). The number of hydrogen-bond donors (Lipinski definition) is 0. The molecule has 0 aliphatic carbocycles. The van der Waals surface area contributed by atoms with Crippen molar-refractivity contribution in [3.63, 3.8) is 0 Å². The standard InChI is InChI=1S/C26H28NO2/c1-27(18-17-21-11-5-2-6-12-21)19-24-25(20-27)29-26(28-24,22-13-7-3-8-14-22)23-15-9-4-10-16-23/h2-16,24-25H,17-20H2,1H3/q+1/t24-,25+,27?. The van der Waals surface area contributed by atoms with Gasteiger partial charge in [0.25, 0.3) is 0 Å². The minimum absolute atomic E-state index is 0.108. The topological polar surface area (TPSA) is 18.5 Å². The van der Waals surface area contributed by atoms with E-state index < -0.39 is 5.79 Å². The maximum atomic E-state index is 6.75. The van der Waals surface area contributed by atoms with E-state index in [1.807, 2.05) is 12.1 Å². The van der Waals surface area contributed by atoms with Crippen molar-refractivity contribution in [2.24, 2.45) is 0 Å². The van der Waals surface area contributed by atoms with Gasteiger partial charge in [0.05, 0.1) is 13.6 Å². The average molecular weight is 387 g/mol. The summed E-state index contributed by atoms with van der Waals surface area (Å²) >= 11 is 0. The maximum absolute atomic E-state index is 6.75. The van der Waals surface area contributed by atoms with Crippen LogP contribution in [0.5, 0.6) is 0 Å². The highest BCUT2D eigenvalue weighted by atomic mass is 16.8. The third-order valence-corrected chi connectivity index (χ3v) is 6.38. The highest BCUT2D eigenvalue weighted by Gasteiger charge is 2.57. The Bertz CT molecular complexity index is 887. The molecule has 0 N–H and O–H groups in total. The van der Waals surface area contributed by atoms with Crippen molar-refractivity contribution in [1.82, 2.24) is 0 Å². The van der Waals surface area contributed by atoms with Crippen LogP contribution < -0.4 is 0 Å². The molecule has 2 aliphatic heterocycles. The van der Waals surface area contributed by atoms with Crippen molar-refractivity contribution in [2.75, 3.05) is 26.7 Å². The van der Waals surface area contributed by atoms with Crippen molar-refractivity contribution in [2.45, 2.75) is 24.4 Å². The minimum Gasteiger partial charge on any atom is -0.330 e. The van der Waals surface area contributed by atoms with Crippen molar-refractivity contribution < 1.29 is 14.0 Å². The zero-order chi connectivity index (χ0) is 19.7. The van der Waals surface area contributed by atoms with Crippen LogP contribution in [0, 0.1) is 0 Å². The number of likely N-dealkylation sites (tertiary alicyclic amines) is 1. The first-order valence-corrected chi connectivity index (χ1v) is 10.5. The van der Waals surface area contributed by atoms with E-state index in [4.69, 9.17) is 9.47 Å². The Labute approximate surface area is 173 Å². The fraction of sp³-hybridized carbons (Fsp3) is 0.308. The lowest BCUT2D eigenvalue weighted by Gasteiger charge is -2.35. The first-order chi connectivity index (χ1) is 14.2. The van der Waals surface area contributed by atoms with Crippen LogP contribution in [0.3, 0.4) is 0 Å². The summed E-state index contributed by atoms with van der Waals surface area (Å²) in [6.45, 7) is 3.07. The third kappa shape index (κ3) is 3.51. The summed E-state index contributed by atoms with van der Waals surface area (Å²) < 4.78 is 14.5. The smallest absolute Gasteiger partial charge is 0.223 e. The van der Waals surface area contributed by atoms with E-state index in [1.165, 1.54) is 5.56 Å². The fourth-order valence-electron chi connectivity index (χ4n) is 4.84. The lowest BCUT2D eigenvalue weighted by Crippen LogP contribution is -2.46. The number of likely N-dealkylation sites (N-methyl/N-ethyl adjacent to an activating group) is 1. The first kappa shape index (κ1) is 18.6. The van der Waals surface area contributed by atoms with E-state index >= 15 is 0 Å².